The summed E-state index contributed by atoms with van der Waals surface area (Å²) in [6.45, 7) is 0.476. The van der Waals surface area contributed by atoms with Crippen molar-refractivity contribution >= 4 is 21.8 Å². The Balaban J connectivity index is 2.57. The van der Waals surface area contributed by atoms with Gasteiger partial charge in [0.05, 0.1) is 6.54 Å². The van der Waals surface area contributed by atoms with Crippen molar-refractivity contribution in [2.75, 3.05) is 13.2 Å². The molecular weight excluding hydrogens is 284 g/mol. The van der Waals surface area contributed by atoms with E-state index in [-0.39, 0.29) is 19.1 Å². The minimum absolute atomic E-state index is 0.0731. The van der Waals surface area contributed by atoms with Crippen LogP contribution in [0.2, 0.25) is 0 Å². The van der Waals surface area contributed by atoms with Gasteiger partial charge in [-0.05, 0) is 18.2 Å². The van der Waals surface area contributed by atoms with Crippen molar-refractivity contribution in [2.24, 2.45) is 5.73 Å². The fourth-order valence-corrected chi connectivity index (χ4v) is 1.60. The first-order valence-corrected chi connectivity index (χ1v) is 5.78. The molecule has 90 valence electrons. The summed E-state index contributed by atoms with van der Waals surface area (Å²) >= 11 is 3.34. The van der Waals surface area contributed by atoms with E-state index in [9.17, 15) is 4.79 Å². The van der Waals surface area contributed by atoms with Gasteiger partial charge in [0.25, 0.3) is 5.91 Å². The van der Waals surface area contributed by atoms with Gasteiger partial charge in [-0.3, -0.25) is 4.79 Å². The molecule has 1 aromatic rings. The number of benzene rings is 1. The Bertz CT molecular complexity index is 441. The third-order valence-electron chi connectivity index (χ3n) is 1.99. The molecule has 0 spiro atoms. The van der Waals surface area contributed by atoms with Gasteiger partial charge in [-0.25, -0.2) is 0 Å². The van der Waals surface area contributed by atoms with Crippen molar-refractivity contribution < 1.29 is 9.53 Å². The molecule has 0 bridgehead atoms. The maximum Gasteiger partial charge on any atom is 0.258 e. The second kappa shape index (κ2) is 6.94. The van der Waals surface area contributed by atoms with Gasteiger partial charge < -0.3 is 15.8 Å². The molecule has 0 unspecified atom stereocenters. The van der Waals surface area contributed by atoms with Gasteiger partial charge in [-0.1, -0.05) is 21.9 Å². The third kappa shape index (κ3) is 4.47. The number of ether oxygens (including phenoxy) is 1. The Hall–Kier alpha value is -1.51. The topological polar surface area (TPSA) is 64.3 Å². The highest BCUT2D eigenvalue weighted by molar-refractivity contribution is 9.10. The van der Waals surface area contributed by atoms with E-state index in [0.717, 1.165) is 10.0 Å². The SMILES string of the molecule is C#CCNC(=O)COc1ccc(Br)cc1CN. The lowest BCUT2D eigenvalue weighted by atomic mass is 10.2. The van der Waals surface area contributed by atoms with Gasteiger partial charge >= 0.3 is 0 Å². The molecule has 0 atom stereocenters. The molecule has 0 aliphatic carbocycles. The van der Waals surface area contributed by atoms with E-state index in [2.05, 4.69) is 27.2 Å². The highest BCUT2D eigenvalue weighted by atomic mass is 79.9. The zero-order chi connectivity index (χ0) is 12.7. The van der Waals surface area contributed by atoms with Crippen LogP contribution >= 0.6 is 15.9 Å². The van der Waals surface area contributed by atoms with Crippen molar-refractivity contribution in [1.29, 1.82) is 0 Å². The van der Waals surface area contributed by atoms with E-state index < -0.39 is 0 Å². The lowest BCUT2D eigenvalue weighted by Gasteiger charge is -2.10. The molecule has 0 aliphatic heterocycles. The lowest BCUT2D eigenvalue weighted by molar-refractivity contribution is -0.122. The molecule has 0 saturated carbocycles. The van der Waals surface area contributed by atoms with Crippen LogP contribution in [0.1, 0.15) is 5.56 Å². The summed E-state index contributed by atoms with van der Waals surface area (Å²) in [5.74, 6) is 2.66. The van der Waals surface area contributed by atoms with Gasteiger partial charge in [0, 0.05) is 16.6 Å². The van der Waals surface area contributed by atoms with Gasteiger partial charge in [0.15, 0.2) is 6.61 Å². The largest absolute Gasteiger partial charge is 0.483 e. The highest BCUT2D eigenvalue weighted by Crippen LogP contribution is 2.22. The normalized spacial score (nSPS) is 9.47. The van der Waals surface area contributed by atoms with Crippen LogP contribution in [0.4, 0.5) is 0 Å². The monoisotopic (exact) mass is 296 g/mol. The van der Waals surface area contributed by atoms with Gasteiger partial charge in [0.1, 0.15) is 5.75 Å². The molecule has 0 fully saturated rings. The number of terminal acetylenes is 1. The maximum absolute atomic E-state index is 11.3. The minimum Gasteiger partial charge on any atom is -0.483 e. The Morgan fingerprint density at radius 1 is 1.59 bits per heavy atom. The molecule has 0 aliphatic rings. The smallest absolute Gasteiger partial charge is 0.258 e. The summed E-state index contributed by atoms with van der Waals surface area (Å²) in [6, 6.07) is 5.45. The first-order valence-electron chi connectivity index (χ1n) is 4.99. The Morgan fingerprint density at radius 2 is 2.35 bits per heavy atom. The van der Waals surface area contributed by atoms with Crippen LogP contribution in [0.3, 0.4) is 0 Å². The summed E-state index contributed by atoms with van der Waals surface area (Å²) < 4.78 is 6.28. The summed E-state index contributed by atoms with van der Waals surface area (Å²) in [7, 11) is 0. The summed E-state index contributed by atoms with van der Waals surface area (Å²) in [4.78, 5) is 11.3. The zero-order valence-electron chi connectivity index (χ0n) is 9.20. The summed E-state index contributed by atoms with van der Waals surface area (Å²) in [5, 5.41) is 2.51. The average molecular weight is 297 g/mol. The van der Waals surface area contributed by atoms with Crippen LogP contribution < -0.4 is 15.8 Å². The lowest BCUT2D eigenvalue weighted by Crippen LogP contribution is -2.29. The van der Waals surface area contributed by atoms with Crippen LogP contribution in [0.15, 0.2) is 22.7 Å². The van der Waals surface area contributed by atoms with E-state index in [1.807, 2.05) is 12.1 Å². The minimum atomic E-state index is -0.256. The van der Waals surface area contributed by atoms with E-state index in [1.165, 1.54) is 0 Å². The quantitative estimate of drug-likeness (QED) is 0.798. The Labute approximate surface area is 109 Å². The first-order chi connectivity index (χ1) is 8.17. The number of carbonyl (C=O) groups excluding carboxylic acids is 1. The zero-order valence-corrected chi connectivity index (χ0v) is 10.8. The third-order valence-corrected chi connectivity index (χ3v) is 2.48. The molecule has 0 aromatic heterocycles. The molecule has 0 heterocycles. The molecule has 1 amide bonds. The number of nitrogens with two attached hydrogens (primary N) is 1. The number of amides is 1. The van der Waals surface area contributed by atoms with Crippen LogP contribution in [0, 0.1) is 12.3 Å². The average Bonchev–Trinajstić information content (AvgIpc) is 2.34. The van der Waals surface area contributed by atoms with Crippen molar-refractivity contribution in [1.82, 2.24) is 5.32 Å². The Morgan fingerprint density at radius 3 is 3.00 bits per heavy atom. The van der Waals surface area contributed by atoms with Gasteiger partial charge in [-0.15, -0.1) is 6.42 Å². The molecule has 3 N–H and O–H groups in total. The van der Waals surface area contributed by atoms with Crippen LogP contribution in [-0.4, -0.2) is 19.1 Å². The molecule has 1 aromatic carbocycles. The van der Waals surface area contributed by atoms with Gasteiger partial charge in [0.2, 0.25) is 0 Å². The molecule has 0 saturated heterocycles. The summed E-state index contributed by atoms with van der Waals surface area (Å²) in [6.07, 6.45) is 5.02. The van der Waals surface area contributed by atoms with Crippen LogP contribution in [-0.2, 0) is 11.3 Å². The van der Waals surface area contributed by atoms with Crippen molar-refractivity contribution in [3.63, 3.8) is 0 Å². The van der Waals surface area contributed by atoms with E-state index >= 15 is 0 Å². The van der Waals surface area contributed by atoms with Crippen molar-refractivity contribution in [3.8, 4) is 18.1 Å². The number of halogens is 1. The maximum atomic E-state index is 11.3. The van der Waals surface area contributed by atoms with Crippen LogP contribution in [0.25, 0.3) is 0 Å². The van der Waals surface area contributed by atoms with Gasteiger partial charge in [-0.2, -0.15) is 0 Å². The number of hydrogen-bond donors (Lipinski definition) is 2. The first kappa shape index (κ1) is 13.6. The highest BCUT2D eigenvalue weighted by Gasteiger charge is 2.06. The second-order valence-corrected chi connectivity index (χ2v) is 4.14. The number of hydrogen-bond acceptors (Lipinski definition) is 3. The van der Waals surface area contributed by atoms with Crippen molar-refractivity contribution in [3.05, 3.63) is 28.2 Å². The standard InChI is InChI=1S/C12H13BrN2O2/c1-2-5-15-12(16)8-17-11-4-3-10(13)6-9(11)7-14/h1,3-4,6H,5,7-8,14H2,(H,15,16). The molecular formula is C12H13BrN2O2. The molecule has 17 heavy (non-hydrogen) atoms. The molecule has 0 radical (unpaired) electrons. The Kier molecular flexibility index (Phi) is 5.53. The van der Waals surface area contributed by atoms with E-state index in [4.69, 9.17) is 16.9 Å². The van der Waals surface area contributed by atoms with Crippen molar-refractivity contribution in [2.45, 2.75) is 6.54 Å². The summed E-state index contributed by atoms with van der Waals surface area (Å²) in [5.41, 5.74) is 6.42. The van der Waals surface area contributed by atoms with Crippen LogP contribution in [0.5, 0.6) is 5.75 Å². The second-order valence-electron chi connectivity index (χ2n) is 3.23. The fourth-order valence-electron chi connectivity index (χ4n) is 1.19. The molecule has 1 rings (SSSR count). The number of carbonyl (C=O) groups is 1. The van der Waals surface area contributed by atoms with E-state index in [1.54, 1.807) is 6.07 Å². The predicted molar refractivity (Wildman–Crippen MR) is 69.4 cm³/mol. The predicted octanol–water partition coefficient (Wildman–Crippen LogP) is 1.04. The molecule has 4 nitrogen and oxygen atoms in total. The molecule has 5 heteroatoms. The van der Waals surface area contributed by atoms with E-state index in [0.29, 0.717) is 12.3 Å². The fraction of sp³-hybridized carbons (Fsp3) is 0.250. The number of rotatable bonds is 5. The number of nitrogens with one attached hydrogen (secondary N) is 1.